The van der Waals surface area contributed by atoms with Gasteiger partial charge >= 0.3 is 0 Å². The van der Waals surface area contributed by atoms with Gasteiger partial charge in [-0.1, -0.05) is 0 Å². The Balaban J connectivity index is 1.48. The largest absolute Gasteiger partial charge is 0.388 e. The SMILES string of the molecule is Cc1cc(N[C@H](C)C2CC2)ncc1-c1sc(C(=O)N[C@@H](C)C(C)(C)O)nc1C(=O)N1C2CCC1CC2. The van der Waals surface area contributed by atoms with Crippen LogP contribution in [-0.4, -0.2) is 61.6 Å². The van der Waals surface area contributed by atoms with Gasteiger partial charge in [-0.2, -0.15) is 0 Å². The minimum absolute atomic E-state index is 0.0928. The number of hydrogen-bond donors (Lipinski definition) is 3. The monoisotopic (exact) mass is 511 g/mol. The van der Waals surface area contributed by atoms with Gasteiger partial charge < -0.3 is 20.6 Å². The molecular formula is C27H37N5O3S. The highest BCUT2D eigenvalue weighted by Crippen LogP contribution is 2.41. The van der Waals surface area contributed by atoms with Gasteiger partial charge in [0.25, 0.3) is 11.8 Å². The third-order valence-corrected chi connectivity index (χ3v) is 9.27. The summed E-state index contributed by atoms with van der Waals surface area (Å²) in [5.74, 6) is 1.05. The Labute approximate surface area is 216 Å². The number of aliphatic hydroxyl groups is 1. The second kappa shape index (κ2) is 9.41. The second-order valence-corrected chi connectivity index (χ2v) is 12.4. The number of nitrogens with zero attached hydrogens (tertiary/aromatic N) is 3. The Hall–Kier alpha value is -2.52. The van der Waals surface area contributed by atoms with Gasteiger partial charge in [0.15, 0.2) is 5.01 Å². The zero-order valence-electron chi connectivity index (χ0n) is 21.8. The van der Waals surface area contributed by atoms with Gasteiger partial charge in [-0.3, -0.25) is 9.59 Å². The van der Waals surface area contributed by atoms with E-state index in [1.807, 2.05) is 17.9 Å². The number of hydrogen-bond acceptors (Lipinski definition) is 7. The number of carbonyl (C=O) groups is 2. The third kappa shape index (κ3) is 4.87. The number of nitrogens with one attached hydrogen (secondary N) is 2. The van der Waals surface area contributed by atoms with E-state index in [0.29, 0.717) is 22.5 Å². The number of aryl methyl sites for hydroxylation is 1. The Morgan fingerprint density at radius 2 is 1.78 bits per heavy atom. The summed E-state index contributed by atoms with van der Waals surface area (Å²) in [5, 5.41) is 16.8. The smallest absolute Gasteiger partial charge is 0.280 e. The summed E-state index contributed by atoms with van der Waals surface area (Å²) in [6, 6.07) is 2.44. The molecule has 4 heterocycles. The average molecular weight is 512 g/mol. The van der Waals surface area contributed by atoms with Crippen molar-refractivity contribution in [2.75, 3.05) is 5.32 Å². The molecule has 3 N–H and O–H groups in total. The lowest BCUT2D eigenvalue weighted by molar-refractivity contribution is 0.0408. The summed E-state index contributed by atoms with van der Waals surface area (Å²) >= 11 is 1.22. The van der Waals surface area contributed by atoms with Gasteiger partial charge in [-0.25, -0.2) is 9.97 Å². The van der Waals surface area contributed by atoms with E-state index < -0.39 is 11.6 Å². The predicted molar refractivity (Wildman–Crippen MR) is 141 cm³/mol. The van der Waals surface area contributed by atoms with Crippen molar-refractivity contribution in [1.29, 1.82) is 0 Å². The number of fused-ring (bicyclic) bond motifs is 2. The fourth-order valence-corrected chi connectivity index (χ4v) is 6.40. The maximum absolute atomic E-state index is 13.8. The molecule has 3 aliphatic rings. The molecule has 0 unspecified atom stereocenters. The van der Waals surface area contributed by atoms with Crippen LogP contribution in [-0.2, 0) is 0 Å². The number of thiazole rings is 1. The van der Waals surface area contributed by atoms with Crippen LogP contribution in [0.15, 0.2) is 12.3 Å². The molecule has 2 aliphatic heterocycles. The standard InChI is InChI=1S/C27H37N5O3S/c1-14-12-21(29-15(2)17-6-7-17)28-13-20(14)23-22(26(34)32-18-8-9-19(32)11-10-18)31-25(36-23)24(33)30-16(3)27(4,5)35/h12-13,15-19,35H,6-11H2,1-5H3,(H,28,29)(H,30,33)/t15-,16+,18?,19?/m1/s1. The molecule has 1 saturated carbocycles. The van der Waals surface area contributed by atoms with Crippen molar-refractivity contribution in [3.05, 3.63) is 28.5 Å². The van der Waals surface area contributed by atoms with Crippen molar-refractivity contribution in [2.24, 2.45) is 5.92 Å². The lowest BCUT2D eigenvalue weighted by Gasteiger charge is -2.26. The van der Waals surface area contributed by atoms with Gasteiger partial charge in [0.2, 0.25) is 0 Å². The summed E-state index contributed by atoms with van der Waals surface area (Å²) in [6.07, 6.45) is 8.44. The van der Waals surface area contributed by atoms with Gasteiger partial charge in [0, 0.05) is 29.9 Å². The Bertz CT molecular complexity index is 1150. The number of anilines is 1. The van der Waals surface area contributed by atoms with Gasteiger partial charge in [0.05, 0.1) is 16.5 Å². The number of carbonyl (C=O) groups excluding carboxylic acids is 2. The maximum atomic E-state index is 13.8. The molecule has 0 spiro atoms. The molecule has 194 valence electrons. The van der Waals surface area contributed by atoms with Crippen molar-refractivity contribution in [2.45, 2.75) is 103 Å². The average Bonchev–Trinajstić information content (AvgIpc) is 3.29. The first-order valence-electron chi connectivity index (χ1n) is 13.1. The van der Waals surface area contributed by atoms with E-state index in [0.717, 1.165) is 42.6 Å². The van der Waals surface area contributed by atoms with Crippen LogP contribution in [0.1, 0.15) is 92.1 Å². The minimum atomic E-state index is -1.08. The molecule has 2 amide bonds. The summed E-state index contributed by atoms with van der Waals surface area (Å²) < 4.78 is 0. The molecule has 2 aromatic heterocycles. The Morgan fingerprint density at radius 3 is 2.33 bits per heavy atom. The van der Waals surface area contributed by atoms with Crippen molar-refractivity contribution in [3.63, 3.8) is 0 Å². The fourth-order valence-electron chi connectivity index (χ4n) is 5.37. The first-order chi connectivity index (χ1) is 17.0. The van der Waals surface area contributed by atoms with Gasteiger partial charge in [-0.05, 0) is 90.7 Å². The summed E-state index contributed by atoms with van der Waals surface area (Å²) in [6.45, 7) is 9.25. The topological polar surface area (TPSA) is 107 Å². The highest BCUT2D eigenvalue weighted by molar-refractivity contribution is 7.17. The molecule has 0 radical (unpaired) electrons. The second-order valence-electron chi connectivity index (χ2n) is 11.4. The summed E-state index contributed by atoms with van der Waals surface area (Å²) in [7, 11) is 0. The number of amides is 2. The quantitative estimate of drug-likeness (QED) is 0.486. The van der Waals surface area contributed by atoms with Crippen LogP contribution in [0.4, 0.5) is 5.82 Å². The van der Waals surface area contributed by atoms with Crippen molar-refractivity contribution in [3.8, 4) is 10.4 Å². The Kier molecular flexibility index (Phi) is 6.57. The molecule has 1 aliphatic carbocycles. The van der Waals surface area contributed by atoms with Crippen LogP contribution in [0.25, 0.3) is 10.4 Å². The van der Waals surface area contributed by atoms with E-state index in [-0.39, 0.29) is 28.9 Å². The van der Waals surface area contributed by atoms with E-state index in [1.54, 1.807) is 27.0 Å². The lowest BCUT2D eigenvalue weighted by Crippen LogP contribution is -2.47. The van der Waals surface area contributed by atoms with E-state index in [1.165, 1.54) is 24.2 Å². The first-order valence-corrected chi connectivity index (χ1v) is 13.9. The molecule has 3 fully saturated rings. The zero-order valence-corrected chi connectivity index (χ0v) is 22.6. The van der Waals surface area contributed by atoms with Crippen LogP contribution >= 0.6 is 11.3 Å². The van der Waals surface area contributed by atoms with Gasteiger partial charge in [-0.15, -0.1) is 11.3 Å². The van der Waals surface area contributed by atoms with E-state index in [9.17, 15) is 14.7 Å². The first kappa shape index (κ1) is 25.1. The van der Waals surface area contributed by atoms with E-state index >= 15 is 0 Å². The molecule has 8 nitrogen and oxygen atoms in total. The van der Waals surface area contributed by atoms with Crippen molar-refractivity contribution < 1.29 is 14.7 Å². The summed E-state index contributed by atoms with van der Waals surface area (Å²) in [4.78, 5) is 38.8. The normalized spacial score (nSPS) is 23.0. The van der Waals surface area contributed by atoms with Crippen LogP contribution in [0, 0.1) is 12.8 Å². The molecule has 0 aromatic carbocycles. The molecule has 5 rings (SSSR count). The van der Waals surface area contributed by atoms with Crippen LogP contribution in [0.2, 0.25) is 0 Å². The van der Waals surface area contributed by atoms with Crippen LogP contribution < -0.4 is 10.6 Å². The third-order valence-electron chi connectivity index (χ3n) is 8.18. The molecular weight excluding hydrogens is 474 g/mol. The fraction of sp³-hybridized carbons (Fsp3) is 0.630. The van der Waals surface area contributed by atoms with Gasteiger partial charge in [0.1, 0.15) is 11.5 Å². The molecule has 2 bridgehead atoms. The zero-order chi connectivity index (χ0) is 25.8. The molecule has 36 heavy (non-hydrogen) atoms. The molecule has 2 saturated heterocycles. The number of pyridine rings is 1. The molecule has 2 aromatic rings. The maximum Gasteiger partial charge on any atom is 0.280 e. The predicted octanol–water partition coefficient (Wildman–Crippen LogP) is 4.38. The highest BCUT2D eigenvalue weighted by atomic mass is 32.1. The van der Waals surface area contributed by atoms with Crippen LogP contribution in [0.5, 0.6) is 0 Å². The van der Waals surface area contributed by atoms with E-state index in [4.69, 9.17) is 0 Å². The summed E-state index contributed by atoms with van der Waals surface area (Å²) in [5.41, 5.74) is 1.05. The van der Waals surface area contributed by atoms with Crippen molar-refractivity contribution >= 4 is 29.0 Å². The molecule has 9 heteroatoms. The van der Waals surface area contributed by atoms with Crippen LogP contribution in [0.3, 0.4) is 0 Å². The van der Waals surface area contributed by atoms with E-state index in [2.05, 4.69) is 27.5 Å². The number of rotatable bonds is 8. The lowest BCUT2D eigenvalue weighted by atomic mass is 10.0. The minimum Gasteiger partial charge on any atom is -0.388 e. The van der Waals surface area contributed by atoms with Crippen molar-refractivity contribution in [1.82, 2.24) is 20.2 Å². The highest BCUT2D eigenvalue weighted by Gasteiger charge is 2.44. The molecule has 2 atom stereocenters. The Morgan fingerprint density at radius 1 is 1.14 bits per heavy atom. The number of aromatic nitrogens is 2.